The first-order valence-electron chi connectivity index (χ1n) is 11.0. The van der Waals surface area contributed by atoms with Crippen LogP contribution in [0.4, 0.5) is 0 Å². The third kappa shape index (κ3) is 5.29. The number of nitrogens with zero attached hydrogens (tertiary/aromatic N) is 3. The van der Waals surface area contributed by atoms with Crippen LogP contribution in [0.15, 0.2) is 84.3 Å². The number of benzene rings is 2. The standard InChI is InChI=1S/C26H26N4O4/c1-34-29-22-14-23(25(32)28-16-24(31)19-6-3-2-4-7-19)30(17-22)26(33)20-11-9-18(10-12-20)21-8-5-13-27-15-21/h2-13,15,23-24,31H,14,16-17H2,1H3,(H,28,32)/b29-22+/t23-,24-/m0/s1. The lowest BCUT2D eigenvalue weighted by Crippen LogP contribution is -2.46. The molecule has 1 aromatic heterocycles. The summed E-state index contributed by atoms with van der Waals surface area (Å²) in [7, 11) is 1.43. The van der Waals surface area contributed by atoms with Crippen molar-refractivity contribution in [2.75, 3.05) is 20.2 Å². The number of carbonyl (C=O) groups excluding carboxylic acids is 2. The van der Waals surface area contributed by atoms with Crippen molar-refractivity contribution in [2.24, 2.45) is 5.16 Å². The number of rotatable bonds is 7. The highest BCUT2D eigenvalue weighted by atomic mass is 16.6. The van der Waals surface area contributed by atoms with Gasteiger partial charge in [-0.3, -0.25) is 14.6 Å². The van der Waals surface area contributed by atoms with Gasteiger partial charge in [0, 0.05) is 30.9 Å². The SMILES string of the molecule is CO/N=C1\C[C@@H](C(=O)NC[C@H](O)c2ccccc2)N(C(=O)c2ccc(-c3cccnc3)cc2)C1. The maximum Gasteiger partial charge on any atom is 0.254 e. The molecule has 0 radical (unpaired) electrons. The topological polar surface area (TPSA) is 104 Å². The number of aromatic nitrogens is 1. The van der Waals surface area contributed by atoms with Gasteiger partial charge in [0.2, 0.25) is 5.91 Å². The molecule has 2 aromatic carbocycles. The maximum atomic E-state index is 13.3. The van der Waals surface area contributed by atoms with E-state index in [0.29, 0.717) is 16.8 Å². The monoisotopic (exact) mass is 458 g/mol. The van der Waals surface area contributed by atoms with E-state index in [1.807, 2.05) is 42.5 Å². The highest BCUT2D eigenvalue weighted by molar-refractivity contribution is 6.05. The Morgan fingerprint density at radius 1 is 1.12 bits per heavy atom. The molecule has 0 unspecified atom stereocenters. The van der Waals surface area contributed by atoms with Gasteiger partial charge in [0.05, 0.1) is 18.4 Å². The van der Waals surface area contributed by atoms with Crippen LogP contribution in [0, 0.1) is 0 Å². The maximum absolute atomic E-state index is 13.3. The van der Waals surface area contributed by atoms with Crippen molar-refractivity contribution in [3.63, 3.8) is 0 Å². The summed E-state index contributed by atoms with van der Waals surface area (Å²) < 4.78 is 0. The van der Waals surface area contributed by atoms with E-state index in [1.54, 1.807) is 36.7 Å². The minimum Gasteiger partial charge on any atom is -0.399 e. The normalized spacial score (nSPS) is 17.4. The van der Waals surface area contributed by atoms with E-state index in [0.717, 1.165) is 11.1 Å². The molecule has 1 fully saturated rings. The second-order valence-electron chi connectivity index (χ2n) is 7.98. The first-order chi connectivity index (χ1) is 16.6. The second kappa shape index (κ2) is 10.7. The number of hydrogen-bond donors (Lipinski definition) is 2. The van der Waals surface area contributed by atoms with Crippen LogP contribution >= 0.6 is 0 Å². The number of likely N-dealkylation sites (tertiary alicyclic amines) is 1. The highest BCUT2D eigenvalue weighted by Gasteiger charge is 2.38. The van der Waals surface area contributed by atoms with Crippen LogP contribution in [0.1, 0.15) is 28.4 Å². The van der Waals surface area contributed by atoms with Crippen molar-refractivity contribution >= 4 is 17.5 Å². The third-order valence-electron chi connectivity index (χ3n) is 5.72. The fourth-order valence-corrected chi connectivity index (χ4v) is 3.96. The zero-order chi connectivity index (χ0) is 23.9. The molecule has 2 heterocycles. The fraction of sp³-hybridized carbons (Fsp3) is 0.231. The number of pyridine rings is 1. The van der Waals surface area contributed by atoms with Crippen LogP contribution in [0.25, 0.3) is 11.1 Å². The van der Waals surface area contributed by atoms with Crippen LogP contribution in [0.3, 0.4) is 0 Å². The molecule has 2 N–H and O–H groups in total. The third-order valence-corrected chi connectivity index (χ3v) is 5.72. The van der Waals surface area contributed by atoms with Crippen LogP contribution in [-0.4, -0.2) is 58.8 Å². The minimum absolute atomic E-state index is 0.0396. The number of amides is 2. The van der Waals surface area contributed by atoms with Crippen molar-refractivity contribution in [2.45, 2.75) is 18.6 Å². The lowest BCUT2D eigenvalue weighted by Gasteiger charge is -2.24. The van der Waals surface area contributed by atoms with Gasteiger partial charge in [0.1, 0.15) is 13.2 Å². The Morgan fingerprint density at radius 3 is 2.56 bits per heavy atom. The molecule has 0 bridgehead atoms. The largest absolute Gasteiger partial charge is 0.399 e. The van der Waals surface area contributed by atoms with E-state index < -0.39 is 12.1 Å². The van der Waals surface area contributed by atoms with E-state index >= 15 is 0 Å². The number of oxime groups is 1. The molecule has 0 saturated carbocycles. The predicted octanol–water partition coefficient (Wildman–Crippen LogP) is 2.82. The van der Waals surface area contributed by atoms with Crippen molar-refractivity contribution in [3.8, 4) is 11.1 Å². The van der Waals surface area contributed by atoms with Gasteiger partial charge in [0.25, 0.3) is 5.91 Å². The molecule has 2 atom stereocenters. The van der Waals surface area contributed by atoms with Gasteiger partial charge >= 0.3 is 0 Å². The van der Waals surface area contributed by atoms with Crippen LogP contribution < -0.4 is 5.32 Å². The molecule has 2 amide bonds. The van der Waals surface area contributed by atoms with Crippen molar-refractivity contribution in [1.82, 2.24) is 15.2 Å². The summed E-state index contributed by atoms with van der Waals surface area (Å²) in [6, 6.07) is 19.3. The van der Waals surface area contributed by atoms with Gasteiger partial charge in [-0.05, 0) is 34.9 Å². The Kier molecular flexibility index (Phi) is 7.29. The minimum atomic E-state index is -0.845. The molecule has 8 nitrogen and oxygen atoms in total. The second-order valence-corrected chi connectivity index (χ2v) is 7.98. The van der Waals surface area contributed by atoms with Gasteiger partial charge in [-0.1, -0.05) is 53.7 Å². The van der Waals surface area contributed by atoms with E-state index in [4.69, 9.17) is 4.84 Å². The van der Waals surface area contributed by atoms with E-state index in [2.05, 4.69) is 15.5 Å². The number of nitrogens with one attached hydrogen (secondary N) is 1. The number of aliphatic hydroxyl groups is 1. The summed E-state index contributed by atoms with van der Waals surface area (Å²) in [5.41, 5.74) is 3.67. The Hall–Kier alpha value is -4.04. The quantitative estimate of drug-likeness (QED) is 0.530. The smallest absolute Gasteiger partial charge is 0.254 e. The molecule has 1 aliphatic rings. The zero-order valence-electron chi connectivity index (χ0n) is 18.8. The number of hydrogen-bond acceptors (Lipinski definition) is 6. The number of carbonyl (C=O) groups is 2. The Morgan fingerprint density at radius 2 is 1.88 bits per heavy atom. The molecule has 1 saturated heterocycles. The van der Waals surface area contributed by atoms with Gasteiger partial charge in [0.15, 0.2) is 0 Å². The lowest BCUT2D eigenvalue weighted by molar-refractivity contribution is -0.125. The molecular formula is C26H26N4O4. The summed E-state index contributed by atoms with van der Waals surface area (Å²) in [5.74, 6) is -0.626. The van der Waals surface area contributed by atoms with Gasteiger partial charge in [-0.2, -0.15) is 0 Å². The van der Waals surface area contributed by atoms with Crippen molar-refractivity contribution < 1.29 is 19.5 Å². The van der Waals surface area contributed by atoms with Crippen molar-refractivity contribution in [1.29, 1.82) is 0 Å². The summed E-state index contributed by atoms with van der Waals surface area (Å²) in [4.78, 5) is 36.8. The van der Waals surface area contributed by atoms with Crippen molar-refractivity contribution in [3.05, 3.63) is 90.3 Å². The molecule has 1 aliphatic heterocycles. The molecule has 34 heavy (non-hydrogen) atoms. The molecule has 0 aliphatic carbocycles. The first-order valence-corrected chi connectivity index (χ1v) is 11.0. The fourth-order valence-electron chi connectivity index (χ4n) is 3.96. The molecule has 0 spiro atoms. The number of aliphatic hydroxyl groups excluding tert-OH is 1. The lowest BCUT2D eigenvalue weighted by atomic mass is 10.0. The molecule has 3 aromatic rings. The molecule has 4 rings (SSSR count). The molecule has 8 heteroatoms. The summed E-state index contributed by atoms with van der Waals surface area (Å²) in [6.07, 6.45) is 2.89. The predicted molar refractivity (Wildman–Crippen MR) is 128 cm³/mol. The summed E-state index contributed by atoms with van der Waals surface area (Å²) in [5, 5.41) is 17.1. The van der Waals surface area contributed by atoms with E-state index in [-0.39, 0.29) is 31.3 Å². The van der Waals surface area contributed by atoms with Crippen LogP contribution in [0.5, 0.6) is 0 Å². The Balaban J connectivity index is 1.47. The highest BCUT2D eigenvalue weighted by Crippen LogP contribution is 2.23. The van der Waals surface area contributed by atoms with Gasteiger partial charge < -0.3 is 20.2 Å². The van der Waals surface area contributed by atoms with E-state index in [9.17, 15) is 14.7 Å². The van der Waals surface area contributed by atoms with Crippen LogP contribution in [-0.2, 0) is 9.63 Å². The van der Waals surface area contributed by atoms with E-state index in [1.165, 1.54) is 12.0 Å². The zero-order valence-corrected chi connectivity index (χ0v) is 18.8. The Bertz CT molecular complexity index is 1150. The van der Waals surface area contributed by atoms with Gasteiger partial charge in [-0.15, -0.1) is 0 Å². The first kappa shape index (κ1) is 23.1. The van der Waals surface area contributed by atoms with Crippen LogP contribution in [0.2, 0.25) is 0 Å². The average molecular weight is 459 g/mol. The summed E-state index contributed by atoms with van der Waals surface area (Å²) >= 11 is 0. The molecular weight excluding hydrogens is 432 g/mol. The average Bonchev–Trinajstić information content (AvgIpc) is 3.32. The summed E-state index contributed by atoms with van der Waals surface area (Å²) in [6.45, 7) is 0.230. The van der Waals surface area contributed by atoms with Gasteiger partial charge in [-0.25, -0.2) is 0 Å². The Labute approximate surface area is 197 Å². The molecule has 174 valence electrons.